The standard InChI is InChI=1S/C13H18BrNO/c1-9(15)12-8-10(14)6-7-13(12)16-11-4-2-3-5-11/h6-9,11H,2-5,15H2,1H3/t9-/m1/s1. The van der Waals surface area contributed by atoms with E-state index >= 15 is 0 Å². The second-order valence-electron chi connectivity index (χ2n) is 4.50. The molecule has 1 fully saturated rings. The molecule has 0 radical (unpaired) electrons. The summed E-state index contributed by atoms with van der Waals surface area (Å²) >= 11 is 3.47. The van der Waals surface area contributed by atoms with Gasteiger partial charge in [0.25, 0.3) is 0 Å². The maximum absolute atomic E-state index is 6.02. The van der Waals surface area contributed by atoms with Crippen molar-refractivity contribution in [2.75, 3.05) is 0 Å². The zero-order valence-corrected chi connectivity index (χ0v) is 11.2. The first kappa shape index (κ1) is 11.9. The SMILES string of the molecule is C[C@@H](N)c1cc(Br)ccc1OC1CCCC1. The van der Waals surface area contributed by atoms with Crippen LogP contribution in [0.15, 0.2) is 22.7 Å². The molecule has 0 saturated heterocycles. The summed E-state index contributed by atoms with van der Waals surface area (Å²) in [7, 11) is 0. The van der Waals surface area contributed by atoms with Gasteiger partial charge in [-0.3, -0.25) is 0 Å². The van der Waals surface area contributed by atoms with Crippen molar-refractivity contribution >= 4 is 15.9 Å². The van der Waals surface area contributed by atoms with Gasteiger partial charge in [-0.1, -0.05) is 15.9 Å². The monoisotopic (exact) mass is 283 g/mol. The minimum absolute atomic E-state index is 0.00824. The molecule has 0 aromatic heterocycles. The Balaban J connectivity index is 2.18. The molecule has 0 aliphatic heterocycles. The van der Waals surface area contributed by atoms with Crippen molar-refractivity contribution in [3.63, 3.8) is 0 Å². The fourth-order valence-electron chi connectivity index (χ4n) is 2.17. The van der Waals surface area contributed by atoms with Gasteiger partial charge < -0.3 is 10.5 Å². The van der Waals surface area contributed by atoms with E-state index in [0.717, 1.165) is 15.8 Å². The Morgan fingerprint density at radius 3 is 2.69 bits per heavy atom. The molecule has 1 aliphatic rings. The van der Waals surface area contributed by atoms with E-state index < -0.39 is 0 Å². The van der Waals surface area contributed by atoms with Crippen LogP contribution in [0.25, 0.3) is 0 Å². The minimum Gasteiger partial charge on any atom is -0.490 e. The third-order valence-electron chi connectivity index (χ3n) is 3.06. The van der Waals surface area contributed by atoms with E-state index in [-0.39, 0.29) is 6.04 Å². The molecule has 0 amide bonds. The summed E-state index contributed by atoms with van der Waals surface area (Å²) in [6, 6.07) is 6.08. The van der Waals surface area contributed by atoms with Crippen LogP contribution in [0.3, 0.4) is 0 Å². The van der Waals surface area contributed by atoms with Gasteiger partial charge in [-0.15, -0.1) is 0 Å². The molecule has 1 aromatic carbocycles. The molecule has 1 atom stereocenters. The average Bonchev–Trinajstić information content (AvgIpc) is 2.73. The van der Waals surface area contributed by atoms with Crippen LogP contribution < -0.4 is 10.5 Å². The van der Waals surface area contributed by atoms with E-state index in [2.05, 4.69) is 22.0 Å². The normalized spacial score (nSPS) is 18.7. The van der Waals surface area contributed by atoms with Crippen molar-refractivity contribution < 1.29 is 4.74 Å². The molecule has 0 heterocycles. The maximum atomic E-state index is 6.02. The Bertz CT molecular complexity index is 359. The van der Waals surface area contributed by atoms with E-state index in [1.165, 1.54) is 25.7 Å². The third kappa shape index (κ3) is 2.77. The fourth-order valence-corrected chi connectivity index (χ4v) is 2.55. The molecule has 1 saturated carbocycles. The van der Waals surface area contributed by atoms with E-state index in [0.29, 0.717) is 6.10 Å². The molecular weight excluding hydrogens is 266 g/mol. The minimum atomic E-state index is 0.00824. The van der Waals surface area contributed by atoms with E-state index in [4.69, 9.17) is 10.5 Å². The van der Waals surface area contributed by atoms with Crippen molar-refractivity contribution in [2.45, 2.75) is 44.8 Å². The van der Waals surface area contributed by atoms with Gasteiger partial charge in [0.15, 0.2) is 0 Å². The van der Waals surface area contributed by atoms with Crippen molar-refractivity contribution in [1.29, 1.82) is 0 Å². The summed E-state index contributed by atoms with van der Waals surface area (Å²) in [6.07, 6.45) is 5.31. The molecule has 1 aliphatic carbocycles. The first-order valence-electron chi connectivity index (χ1n) is 5.88. The van der Waals surface area contributed by atoms with E-state index in [1.807, 2.05) is 19.1 Å². The number of hydrogen-bond acceptors (Lipinski definition) is 2. The highest BCUT2D eigenvalue weighted by molar-refractivity contribution is 9.10. The van der Waals surface area contributed by atoms with Crippen LogP contribution in [0.4, 0.5) is 0 Å². The van der Waals surface area contributed by atoms with Gasteiger partial charge in [0.2, 0.25) is 0 Å². The van der Waals surface area contributed by atoms with Crippen LogP contribution in [0.1, 0.15) is 44.2 Å². The van der Waals surface area contributed by atoms with Gasteiger partial charge >= 0.3 is 0 Å². The van der Waals surface area contributed by atoms with Gasteiger partial charge in [0, 0.05) is 16.1 Å². The number of hydrogen-bond donors (Lipinski definition) is 1. The van der Waals surface area contributed by atoms with Gasteiger partial charge in [0.05, 0.1) is 6.10 Å². The summed E-state index contributed by atoms with van der Waals surface area (Å²) in [6.45, 7) is 1.99. The fraction of sp³-hybridized carbons (Fsp3) is 0.538. The number of halogens is 1. The van der Waals surface area contributed by atoms with Crippen LogP contribution in [0.5, 0.6) is 5.75 Å². The third-order valence-corrected chi connectivity index (χ3v) is 3.55. The summed E-state index contributed by atoms with van der Waals surface area (Å²) in [5.74, 6) is 0.949. The van der Waals surface area contributed by atoms with E-state index in [9.17, 15) is 0 Å². The second kappa shape index (κ2) is 5.19. The molecular formula is C13H18BrNO. The zero-order chi connectivity index (χ0) is 11.5. The quantitative estimate of drug-likeness (QED) is 0.916. The first-order chi connectivity index (χ1) is 7.66. The second-order valence-corrected chi connectivity index (χ2v) is 5.41. The van der Waals surface area contributed by atoms with Crippen molar-refractivity contribution in [1.82, 2.24) is 0 Å². The van der Waals surface area contributed by atoms with Crippen LogP contribution >= 0.6 is 15.9 Å². The Morgan fingerprint density at radius 2 is 2.06 bits per heavy atom. The maximum Gasteiger partial charge on any atom is 0.124 e. The Morgan fingerprint density at radius 1 is 1.38 bits per heavy atom. The lowest BCUT2D eigenvalue weighted by Gasteiger charge is -2.18. The van der Waals surface area contributed by atoms with Gasteiger partial charge in [-0.2, -0.15) is 0 Å². The highest BCUT2D eigenvalue weighted by atomic mass is 79.9. The van der Waals surface area contributed by atoms with Crippen LogP contribution in [0.2, 0.25) is 0 Å². The van der Waals surface area contributed by atoms with Crippen LogP contribution in [-0.4, -0.2) is 6.10 Å². The van der Waals surface area contributed by atoms with Gasteiger partial charge in [-0.25, -0.2) is 0 Å². The lowest BCUT2D eigenvalue weighted by molar-refractivity contribution is 0.207. The number of benzene rings is 1. The lowest BCUT2D eigenvalue weighted by Crippen LogP contribution is -2.14. The van der Waals surface area contributed by atoms with Gasteiger partial charge in [-0.05, 0) is 50.8 Å². The first-order valence-corrected chi connectivity index (χ1v) is 6.68. The zero-order valence-electron chi connectivity index (χ0n) is 9.58. The molecule has 3 heteroatoms. The molecule has 1 aromatic rings. The molecule has 88 valence electrons. The molecule has 0 spiro atoms. The lowest BCUT2D eigenvalue weighted by atomic mass is 10.1. The number of rotatable bonds is 3. The Kier molecular flexibility index (Phi) is 3.87. The van der Waals surface area contributed by atoms with Gasteiger partial charge in [0.1, 0.15) is 5.75 Å². The molecule has 2 rings (SSSR count). The summed E-state index contributed by atoms with van der Waals surface area (Å²) in [5.41, 5.74) is 7.04. The van der Waals surface area contributed by atoms with Crippen molar-refractivity contribution in [2.24, 2.45) is 5.73 Å². The van der Waals surface area contributed by atoms with Crippen LogP contribution in [-0.2, 0) is 0 Å². The molecule has 16 heavy (non-hydrogen) atoms. The Hall–Kier alpha value is -0.540. The highest BCUT2D eigenvalue weighted by Gasteiger charge is 2.18. The predicted octanol–water partition coefficient (Wildman–Crippen LogP) is 3.79. The molecule has 2 N–H and O–H groups in total. The average molecular weight is 284 g/mol. The van der Waals surface area contributed by atoms with Crippen molar-refractivity contribution in [3.8, 4) is 5.75 Å². The Labute approximate surface area is 105 Å². The highest BCUT2D eigenvalue weighted by Crippen LogP contribution is 2.31. The topological polar surface area (TPSA) is 35.2 Å². The summed E-state index contributed by atoms with van der Waals surface area (Å²) < 4.78 is 7.08. The predicted molar refractivity (Wildman–Crippen MR) is 69.6 cm³/mol. The summed E-state index contributed by atoms with van der Waals surface area (Å²) in [5, 5.41) is 0. The molecule has 2 nitrogen and oxygen atoms in total. The number of nitrogens with two attached hydrogens (primary N) is 1. The molecule has 0 unspecified atom stereocenters. The number of ether oxygens (including phenoxy) is 1. The summed E-state index contributed by atoms with van der Waals surface area (Å²) in [4.78, 5) is 0. The van der Waals surface area contributed by atoms with Crippen LogP contribution in [0, 0.1) is 0 Å². The van der Waals surface area contributed by atoms with Crippen molar-refractivity contribution in [3.05, 3.63) is 28.2 Å². The smallest absolute Gasteiger partial charge is 0.124 e. The van der Waals surface area contributed by atoms with E-state index in [1.54, 1.807) is 0 Å². The molecule has 0 bridgehead atoms. The largest absolute Gasteiger partial charge is 0.490 e.